The van der Waals surface area contributed by atoms with Crippen molar-refractivity contribution in [1.82, 2.24) is 4.90 Å². The van der Waals surface area contributed by atoms with Crippen LogP contribution in [0.15, 0.2) is 97.6 Å². The van der Waals surface area contributed by atoms with Crippen molar-refractivity contribution in [2.24, 2.45) is 9.98 Å². The molecule has 192 valence electrons. The monoisotopic (exact) mass is 541 g/mol. The van der Waals surface area contributed by atoms with Gasteiger partial charge in [-0.3, -0.25) is 9.69 Å². The fourth-order valence-corrected chi connectivity index (χ4v) is 6.87. The average molecular weight is 542 g/mol. The number of fused-ring (bicyclic) bond motifs is 1. The normalized spacial score (nSPS) is 19.7. The maximum absolute atomic E-state index is 14.0. The number of amidine groups is 1. The van der Waals surface area contributed by atoms with Crippen molar-refractivity contribution >= 4 is 57.6 Å². The summed E-state index contributed by atoms with van der Waals surface area (Å²) >= 11 is 3.06. The number of thioether (sulfide) groups is 2. The SMILES string of the molecule is CCNc1ccc(C2=NCCO2)cc1N=C1S/C(=C2\Sc3ccccc3N2C)C(=O)N1Cc1ccccc1. The van der Waals surface area contributed by atoms with Crippen LogP contribution < -0.4 is 10.2 Å². The van der Waals surface area contributed by atoms with Crippen molar-refractivity contribution in [2.45, 2.75) is 18.4 Å². The summed E-state index contributed by atoms with van der Waals surface area (Å²) in [6.45, 7) is 4.50. The number of rotatable bonds is 6. The number of para-hydroxylation sites is 1. The van der Waals surface area contributed by atoms with Crippen molar-refractivity contribution in [1.29, 1.82) is 0 Å². The summed E-state index contributed by atoms with van der Waals surface area (Å²) in [5.74, 6) is 0.597. The molecule has 1 fully saturated rings. The first-order valence-electron chi connectivity index (χ1n) is 12.5. The van der Waals surface area contributed by atoms with Gasteiger partial charge in [-0.25, -0.2) is 9.98 Å². The third kappa shape index (κ3) is 4.68. The number of benzene rings is 3. The molecule has 3 aromatic carbocycles. The van der Waals surface area contributed by atoms with E-state index in [4.69, 9.17) is 9.73 Å². The van der Waals surface area contributed by atoms with E-state index in [-0.39, 0.29) is 5.91 Å². The number of amides is 1. The third-order valence-electron chi connectivity index (χ3n) is 6.39. The number of aliphatic imine (C=N–C) groups is 2. The summed E-state index contributed by atoms with van der Waals surface area (Å²) in [6.07, 6.45) is 0. The van der Waals surface area contributed by atoms with Gasteiger partial charge in [0, 0.05) is 24.1 Å². The third-order valence-corrected chi connectivity index (χ3v) is 8.82. The number of anilines is 2. The van der Waals surface area contributed by atoms with Gasteiger partial charge in [0.1, 0.15) is 11.5 Å². The van der Waals surface area contributed by atoms with Crippen LogP contribution in [0.3, 0.4) is 0 Å². The summed E-state index contributed by atoms with van der Waals surface area (Å²) in [4.78, 5) is 29.2. The molecule has 3 heterocycles. The minimum atomic E-state index is -0.0376. The van der Waals surface area contributed by atoms with E-state index < -0.39 is 0 Å². The highest BCUT2D eigenvalue weighted by molar-refractivity contribution is 8.19. The van der Waals surface area contributed by atoms with Crippen LogP contribution in [0.1, 0.15) is 18.1 Å². The minimum Gasteiger partial charge on any atom is -0.476 e. The highest BCUT2D eigenvalue weighted by atomic mass is 32.2. The van der Waals surface area contributed by atoms with Crippen molar-refractivity contribution in [3.8, 4) is 0 Å². The van der Waals surface area contributed by atoms with Gasteiger partial charge in [0.2, 0.25) is 5.90 Å². The van der Waals surface area contributed by atoms with E-state index in [0.29, 0.717) is 35.7 Å². The maximum Gasteiger partial charge on any atom is 0.269 e. The van der Waals surface area contributed by atoms with E-state index in [1.807, 2.05) is 67.7 Å². The number of carbonyl (C=O) groups is 1. The van der Waals surface area contributed by atoms with Crippen LogP contribution in [0.4, 0.5) is 17.1 Å². The Morgan fingerprint density at radius 1 is 1.05 bits per heavy atom. The van der Waals surface area contributed by atoms with Crippen molar-refractivity contribution in [3.63, 3.8) is 0 Å². The molecule has 0 aliphatic carbocycles. The van der Waals surface area contributed by atoms with E-state index in [1.165, 1.54) is 11.8 Å². The van der Waals surface area contributed by atoms with Crippen LogP contribution in [0.2, 0.25) is 0 Å². The van der Waals surface area contributed by atoms with Crippen molar-refractivity contribution in [3.05, 3.63) is 93.9 Å². The van der Waals surface area contributed by atoms with Crippen molar-refractivity contribution in [2.75, 3.05) is 37.0 Å². The Balaban J connectivity index is 1.43. The maximum atomic E-state index is 14.0. The molecule has 1 saturated heterocycles. The zero-order chi connectivity index (χ0) is 26.1. The van der Waals surface area contributed by atoms with Crippen LogP contribution in [-0.2, 0) is 16.1 Å². The van der Waals surface area contributed by atoms with Gasteiger partial charge in [0.15, 0.2) is 5.17 Å². The lowest BCUT2D eigenvalue weighted by molar-refractivity contribution is -0.122. The van der Waals surface area contributed by atoms with Crippen molar-refractivity contribution < 1.29 is 9.53 Å². The molecule has 7 nitrogen and oxygen atoms in total. The van der Waals surface area contributed by atoms with E-state index >= 15 is 0 Å². The molecule has 0 radical (unpaired) electrons. The molecule has 0 atom stereocenters. The molecule has 3 aliphatic heterocycles. The Labute approximate surface area is 230 Å². The summed E-state index contributed by atoms with van der Waals surface area (Å²) < 4.78 is 5.70. The molecule has 38 heavy (non-hydrogen) atoms. The number of nitrogens with one attached hydrogen (secondary N) is 1. The quantitative estimate of drug-likeness (QED) is 0.382. The predicted molar refractivity (Wildman–Crippen MR) is 157 cm³/mol. The number of hydrogen-bond donors (Lipinski definition) is 1. The fourth-order valence-electron chi connectivity index (χ4n) is 4.53. The fraction of sp³-hybridized carbons (Fsp3) is 0.207. The Morgan fingerprint density at radius 2 is 1.87 bits per heavy atom. The van der Waals surface area contributed by atoms with Crippen LogP contribution in [0.5, 0.6) is 0 Å². The van der Waals surface area contributed by atoms with Crippen LogP contribution >= 0.6 is 23.5 Å². The van der Waals surface area contributed by atoms with Gasteiger partial charge < -0.3 is 15.0 Å². The number of ether oxygens (including phenoxy) is 1. The lowest BCUT2D eigenvalue weighted by atomic mass is 10.1. The summed E-state index contributed by atoms with van der Waals surface area (Å²) in [5.41, 5.74) is 4.68. The molecule has 0 unspecified atom stereocenters. The van der Waals surface area contributed by atoms with Gasteiger partial charge in [-0.05, 0) is 54.6 Å². The highest BCUT2D eigenvalue weighted by Gasteiger charge is 2.39. The molecule has 3 aliphatic rings. The minimum absolute atomic E-state index is 0.0376. The molecule has 0 spiro atoms. The molecule has 0 bridgehead atoms. The molecule has 0 aromatic heterocycles. The molecular weight excluding hydrogens is 514 g/mol. The van der Waals surface area contributed by atoms with Gasteiger partial charge in [0.25, 0.3) is 5.91 Å². The second-order valence-electron chi connectivity index (χ2n) is 8.93. The summed E-state index contributed by atoms with van der Waals surface area (Å²) in [7, 11) is 2.01. The predicted octanol–water partition coefficient (Wildman–Crippen LogP) is 6.07. The Morgan fingerprint density at radius 3 is 2.63 bits per heavy atom. The highest BCUT2D eigenvalue weighted by Crippen LogP contribution is 2.50. The van der Waals surface area contributed by atoms with Crippen LogP contribution in [0.25, 0.3) is 0 Å². The summed E-state index contributed by atoms with van der Waals surface area (Å²) in [6, 6.07) is 24.2. The van der Waals surface area contributed by atoms with Crippen LogP contribution in [0, 0.1) is 0 Å². The van der Waals surface area contributed by atoms with Gasteiger partial charge >= 0.3 is 0 Å². The smallest absolute Gasteiger partial charge is 0.269 e. The largest absolute Gasteiger partial charge is 0.476 e. The topological polar surface area (TPSA) is 69.5 Å². The lowest BCUT2D eigenvalue weighted by Gasteiger charge is -2.17. The Hall–Kier alpha value is -3.69. The van der Waals surface area contributed by atoms with E-state index in [0.717, 1.165) is 44.7 Å². The van der Waals surface area contributed by atoms with E-state index in [1.54, 1.807) is 16.7 Å². The first-order valence-corrected chi connectivity index (χ1v) is 14.2. The molecule has 6 rings (SSSR count). The van der Waals surface area contributed by atoms with E-state index in [2.05, 4.69) is 34.3 Å². The van der Waals surface area contributed by atoms with Gasteiger partial charge in [-0.15, -0.1) is 0 Å². The van der Waals surface area contributed by atoms with Crippen LogP contribution in [-0.4, -0.2) is 48.6 Å². The second kappa shape index (κ2) is 10.6. The number of carbonyl (C=O) groups excluding carboxylic acids is 1. The second-order valence-corrected chi connectivity index (χ2v) is 10.9. The number of nitrogens with zero attached hydrogens (tertiary/aromatic N) is 4. The Bertz CT molecular complexity index is 1490. The standard InChI is InChI=1S/C29H27N5O2S2/c1-3-30-21-14-13-20(26-31-15-16-36-26)17-22(21)32-29-34(18-19-9-5-4-6-10-19)27(35)25(38-29)28-33(2)23-11-7-8-12-24(23)37-28/h4-14,17,30H,3,15-16,18H2,1-2H3/b28-25-,32-29?. The zero-order valence-corrected chi connectivity index (χ0v) is 22.8. The average Bonchev–Trinajstić information content (AvgIpc) is 3.66. The van der Waals surface area contributed by atoms with Gasteiger partial charge in [0.05, 0.1) is 35.2 Å². The molecule has 9 heteroatoms. The first kappa shape index (κ1) is 24.6. The lowest BCUT2D eigenvalue weighted by Crippen LogP contribution is -2.29. The van der Waals surface area contributed by atoms with Gasteiger partial charge in [-0.2, -0.15) is 0 Å². The Kier molecular flexibility index (Phi) is 6.86. The zero-order valence-electron chi connectivity index (χ0n) is 21.2. The molecule has 1 amide bonds. The van der Waals surface area contributed by atoms with Gasteiger partial charge in [-0.1, -0.05) is 54.2 Å². The van der Waals surface area contributed by atoms with E-state index in [9.17, 15) is 4.79 Å². The molecule has 1 N–H and O–H groups in total. The molecule has 3 aromatic rings. The summed E-state index contributed by atoms with van der Waals surface area (Å²) in [5, 5.41) is 4.98. The molecular formula is C29H27N5O2S2. The molecule has 0 saturated carbocycles. The first-order chi connectivity index (χ1) is 18.6. The number of hydrogen-bond acceptors (Lipinski definition) is 8.